The molecule has 0 bridgehead atoms. The number of aliphatic hydroxyl groups excluding tert-OH is 1. The predicted octanol–water partition coefficient (Wildman–Crippen LogP) is 1.91. The lowest BCUT2D eigenvalue weighted by Gasteiger charge is -2.04. The minimum Gasteiger partial charge on any atom is -0.395 e. The summed E-state index contributed by atoms with van der Waals surface area (Å²) in [5, 5.41) is 14.1. The summed E-state index contributed by atoms with van der Waals surface area (Å²) in [4.78, 5) is 27.4. The first-order chi connectivity index (χ1) is 12.4. The topological polar surface area (TPSA) is 94.2 Å². The van der Waals surface area contributed by atoms with E-state index in [0.717, 1.165) is 16.8 Å². The first-order valence-corrected chi connectivity index (χ1v) is 8.29. The highest BCUT2D eigenvalue weighted by molar-refractivity contribution is 6.34. The first kappa shape index (κ1) is 17.9. The van der Waals surface area contributed by atoms with Crippen molar-refractivity contribution in [2.45, 2.75) is 20.3 Å². The number of aliphatic hydroxyl groups is 1. The summed E-state index contributed by atoms with van der Waals surface area (Å²) >= 11 is 0. The molecule has 0 aliphatic carbocycles. The van der Waals surface area contributed by atoms with Crippen LogP contribution in [-0.2, 0) is 16.0 Å². The maximum atomic E-state index is 13.6. The minimum absolute atomic E-state index is 0.112. The number of benzene rings is 1. The monoisotopic (exact) mass is 357 g/mol. The maximum absolute atomic E-state index is 13.6. The van der Waals surface area contributed by atoms with Gasteiger partial charge in [-0.2, -0.15) is 0 Å². The molecule has 6 nitrogen and oxygen atoms in total. The Morgan fingerprint density at radius 3 is 2.85 bits per heavy atom. The molecule has 4 N–H and O–H groups in total. The summed E-state index contributed by atoms with van der Waals surface area (Å²) in [5.41, 5.74) is 4.69. The van der Waals surface area contributed by atoms with Crippen LogP contribution in [0, 0.1) is 19.7 Å². The summed E-state index contributed by atoms with van der Waals surface area (Å²) in [7, 11) is 0. The summed E-state index contributed by atoms with van der Waals surface area (Å²) in [5.74, 6) is -0.888. The van der Waals surface area contributed by atoms with E-state index in [2.05, 4.69) is 15.6 Å². The van der Waals surface area contributed by atoms with E-state index >= 15 is 0 Å². The van der Waals surface area contributed by atoms with Gasteiger partial charge in [-0.3, -0.25) is 9.59 Å². The number of amides is 2. The lowest BCUT2D eigenvalue weighted by molar-refractivity contribution is -0.120. The molecule has 1 aromatic carbocycles. The highest BCUT2D eigenvalue weighted by atomic mass is 19.1. The largest absolute Gasteiger partial charge is 0.395 e. The Labute approximate surface area is 150 Å². The number of aryl methyl sites for hydroxylation is 1. The number of nitrogens with one attached hydrogen (secondary N) is 3. The molecule has 136 valence electrons. The molecule has 0 saturated carbocycles. The van der Waals surface area contributed by atoms with Crippen molar-refractivity contribution >= 4 is 29.2 Å². The van der Waals surface area contributed by atoms with Crippen molar-refractivity contribution in [3.8, 4) is 0 Å². The number of carbonyl (C=O) groups excluding carboxylic acids is 2. The van der Waals surface area contributed by atoms with Crippen LogP contribution in [0.3, 0.4) is 0 Å². The molecule has 2 heterocycles. The molecule has 0 unspecified atom stereocenters. The van der Waals surface area contributed by atoms with Gasteiger partial charge in [0.15, 0.2) is 0 Å². The third-order valence-corrected chi connectivity index (χ3v) is 4.46. The summed E-state index contributed by atoms with van der Waals surface area (Å²) in [6.45, 7) is 3.82. The van der Waals surface area contributed by atoms with Crippen LogP contribution in [0.15, 0.2) is 18.2 Å². The van der Waals surface area contributed by atoms with E-state index < -0.39 is 5.82 Å². The highest BCUT2D eigenvalue weighted by Gasteiger charge is 2.25. The van der Waals surface area contributed by atoms with Gasteiger partial charge in [0.1, 0.15) is 5.82 Å². The average molecular weight is 357 g/mol. The fourth-order valence-corrected chi connectivity index (χ4v) is 3.09. The zero-order chi connectivity index (χ0) is 18.8. The number of anilines is 1. The van der Waals surface area contributed by atoms with Crippen LogP contribution in [0.5, 0.6) is 0 Å². The third-order valence-electron chi connectivity index (χ3n) is 4.46. The molecule has 0 fully saturated rings. The molecule has 0 spiro atoms. The number of hydrogen-bond donors (Lipinski definition) is 4. The van der Waals surface area contributed by atoms with Gasteiger partial charge in [0, 0.05) is 29.2 Å². The second-order valence-corrected chi connectivity index (χ2v) is 6.22. The standard InChI is InChI=1S/C19H20FN3O3/c1-10-13(9-18(25)21-5-6-24)11(2)22-17(10)8-15-14-7-12(20)3-4-16(14)23-19(15)26/h3-4,7-8,22,24H,5-6,9H2,1-2H3,(H,21,25)(H,23,26)/b15-8-. The van der Waals surface area contributed by atoms with Gasteiger partial charge in [-0.15, -0.1) is 0 Å². The molecular formula is C19H20FN3O3. The Kier molecular flexibility index (Phi) is 4.90. The van der Waals surface area contributed by atoms with Crippen molar-refractivity contribution in [2.24, 2.45) is 0 Å². The smallest absolute Gasteiger partial charge is 0.256 e. The van der Waals surface area contributed by atoms with Gasteiger partial charge in [-0.1, -0.05) is 0 Å². The van der Waals surface area contributed by atoms with Crippen LogP contribution in [0.1, 0.15) is 28.1 Å². The molecule has 0 saturated heterocycles. The van der Waals surface area contributed by atoms with Crippen molar-refractivity contribution in [3.05, 3.63) is 52.1 Å². The molecule has 26 heavy (non-hydrogen) atoms. The molecule has 3 rings (SSSR count). The van der Waals surface area contributed by atoms with Crippen molar-refractivity contribution in [2.75, 3.05) is 18.5 Å². The average Bonchev–Trinajstić information content (AvgIpc) is 3.04. The Bertz CT molecular complexity index is 915. The van der Waals surface area contributed by atoms with Crippen LogP contribution in [0.2, 0.25) is 0 Å². The quantitative estimate of drug-likeness (QED) is 0.616. The second kappa shape index (κ2) is 7.13. The van der Waals surface area contributed by atoms with Gasteiger partial charge in [-0.25, -0.2) is 4.39 Å². The summed E-state index contributed by atoms with van der Waals surface area (Å²) in [6, 6.07) is 4.16. The van der Waals surface area contributed by atoms with Crippen LogP contribution in [0.4, 0.5) is 10.1 Å². The molecule has 0 atom stereocenters. The van der Waals surface area contributed by atoms with Crippen molar-refractivity contribution < 1.29 is 19.1 Å². The van der Waals surface area contributed by atoms with Gasteiger partial charge < -0.3 is 20.7 Å². The Morgan fingerprint density at radius 2 is 2.12 bits per heavy atom. The molecule has 1 aliphatic heterocycles. The minimum atomic E-state index is -0.410. The van der Waals surface area contributed by atoms with E-state index in [0.29, 0.717) is 22.5 Å². The van der Waals surface area contributed by atoms with E-state index in [9.17, 15) is 14.0 Å². The van der Waals surface area contributed by atoms with Crippen LogP contribution in [0.25, 0.3) is 11.6 Å². The Balaban J connectivity index is 1.93. The fourth-order valence-electron chi connectivity index (χ4n) is 3.09. The van der Waals surface area contributed by atoms with E-state index in [4.69, 9.17) is 5.11 Å². The van der Waals surface area contributed by atoms with E-state index in [-0.39, 0.29) is 31.4 Å². The molecule has 1 aliphatic rings. The lowest BCUT2D eigenvalue weighted by Crippen LogP contribution is -2.28. The van der Waals surface area contributed by atoms with Crippen molar-refractivity contribution in [1.82, 2.24) is 10.3 Å². The number of aromatic nitrogens is 1. The number of aromatic amines is 1. The first-order valence-electron chi connectivity index (χ1n) is 8.29. The van der Waals surface area contributed by atoms with E-state index in [1.807, 2.05) is 13.8 Å². The van der Waals surface area contributed by atoms with Crippen LogP contribution < -0.4 is 10.6 Å². The zero-order valence-corrected chi connectivity index (χ0v) is 14.6. The van der Waals surface area contributed by atoms with Crippen molar-refractivity contribution in [1.29, 1.82) is 0 Å². The predicted molar refractivity (Wildman–Crippen MR) is 97.0 cm³/mol. The van der Waals surface area contributed by atoms with Gasteiger partial charge in [0.2, 0.25) is 5.91 Å². The number of rotatable bonds is 5. The lowest BCUT2D eigenvalue weighted by atomic mass is 10.0. The van der Waals surface area contributed by atoms with Crippen molar-refractivity contribution in [3.63, 3.8) is 0 Å². The van der Waals surface area contributed by atoms with Crippen LogP contribution >= 0.6 is 0 Å². The molecule has 2 amide bonds. The molecule has 1 aromatic heterocycles. The molecular weight excluding hydrogens is 337 g/mol. The number of fused-ring (bicyclic) bond motifs is 1. The maximum Gasteiger partial charge on any atom is 0.256 e. The number of H-pyrrole nitrogens is 1. The van der Waals surface area contributed by atoms with Gasteiger partial charge in [-0.05, 0) is 49.2 Å². The third kappa shape index (κ3) is 3.39. The zero-order valence-electron chi connectivity index (χ0n) is 14.6. The van der Waals surface area contributed by atoms with Crippen LogP contribution in [-0.4, -0.2) is 35.1 Å². The fraction of sp³-hybridized carbons (Fsp3) is 0.263. The molecule has 7 heteroatoms. The second-order valence-electron chi connectivity index (χ2n) is 6.22. The van der Waals surface area contributed by atoms with Gasteiger partial charge in [0.05, 0.1) is 18.6 Å². The normalized spacial score (nSPS) is 14.5. The highest BCUT2D eigenvalue weighted by Crippen LogP contribution is 2.34. The Hall–Kier alpha value is -2.93. The molecule has 0 radical (unpaired) electrons. The van der Waals surface area contributed by atoms with E-state index in [1.165, 1.54) is 18.2 Å². The number of hydrogen-bond acceptors (Lipinski definition) is 3. The number of carbonyl (C=O) groups is 2. The van der Waals surface area contributed by atoms with Gasteiger partial charge >= 0.3 is 0 Å². The van der Waals surface area contributed by atoms with Gasteiger partial charge in [0.25, 0.3) is 5.91 Å². The summed E-state index contributed by atoms with van der Waals surface area (Å²) < 4.78 is 13.6. The summed E-state index contributed by atoms with van der Waals surface area (Å²) in [6.07, 6.45) is 1.85. The van der Waals surface area contributed by atoms with E-state index in [1.54, 1.807) is 6.08 Å². The number of halogens is 1. The Morgan fingerprint density at radius 1 is 1.35 bits per heavy atom. The SMILES string of the molecule is Cc1[nH]c(/C=C2\C(=O)Nc3ccc(F)cc32)c(C)c1CC(=O)NCCO. The molecule has 2 aromatic rings.